The molecular weight excluding hydrogens is 202 g/mol. The van der Waals surface area contributed by atoms with Crippen LogP contribution in [0.1, 0.15) is 12.8 Å². The molecule has 0 aromatic carbocycles. The number of amides is 3. The van der Waals surface area contributed by atoms with E-state index >= 15 is 0 Å². The molecule has 3 amide bonds. The SMILES string of the molecule is CNC(=O)CCNC(=O)NCCC(=O)O. The van der Waals surface area contributed by atoms with Crippen LogP contribution < -0.4 is 16.0 Å². The van der Waals surface area contributed by atoms with Gasteiger partial charge < -0.3 is 21.1 Å². The zero-order valence-electron chi connectivity index (χ0n) is 8.50. The Morgan fingerprint density at radius 3 is 2.07 bits per heavy atom. The first kappa shape index (κ1) is 13.2. The number of hydrogen-bond acceptors (Lipinski definition) is 3. The second kappa shape index (κ2) is 7.60. The van der Waals surface area contributed by atoms with E-state index in [-0.39, 0.29) is 31.8 Å². The fourth-order valence-corrected chi connectivity index (χ4v) is 0.760. The van der Waals surface area contributed by atoms with Gasteiger partial charge in [0.05, 0.1) is 6.42 Å². The molecule has 0 saturated heterocycles. The standard InChI is InChI=1S/C8H15N3O4/c1-9-6(12)2-4-10-8(15)11-5-3-7(13)14/h2-5H2,1H3,(H,9,12)(H,13,14)(H2,10,11,15). The second-order valence-electron chi connectivity index (χ2n) is 2.75. The zero-order valence-corrected chi connectivity index (χ0v) is 8.50. The van der Waals surface area contributed by atoms with Gasteiger partial charge in [0.15, 0.2) is 0 Å². The van der Waals surface area contributed by atoms with Gasteiger partial charge in [-0.2, -0.15) is 0 Å². The highest BCUT2D eigenvalue weighted by atomic mass is 16.4. The van der Waals surface area contributed by atoms with Crippen LogP contribution >= 0.6 is 0 Å². The summed E-state index contributed by atoms with van der Waals surface area (Å²) in [6.07, 6.45) is 0.0751. The van der Waals surface area contributed by atoms with Gasteiger partial charge in [-0.05, 0) is 0 Å². The van der Waals surface area contributed by atoms with Crippen LogP contribution in [0.3, 0.4) is 0 Å². The number of aliphatic carboxylic acids is 1. The minimum absolute atomic E-state index is 0.0706. The summed E-state index contributed by atoms with van der Waals surface area (Å²) in [5, 5.41) is 15.5. The molecule has 7 heteroatoms. The highest BCUT2D eigenvalue weighted by Crippen LogP contribution is 1.78. The molecule has 15 heavy (non-hydrogen) atoms. The number of rotatable bonds is 6. The minimum Gasteiger partial charge on any atom is -0.481 e. The monoisotopic (exact) mass is 217 g/mol. The Kier molecular flexibility index (Phi) is 6.69. The van der Waals surface area contributed by atoms with E-state index in [2.05, 4.69) is 16.0 Å². The van der Waals surface area contributed by atoms with E-state index in [1.54, 1.807) is 0 Å². The molecule has 7 nitrogen and oxygen atoms in total. The Labute approximate surface area is 87.2 Å². The van der Waals surface area contributed by atoms with Crippen molar-refractivity contribution in [3.05, 3.63) is 0 Å². The van der Waals surface area contributed by atoms with Crippen molar-refractivity contribution < 1.29 is 19.5 Å². The van der Waals surface area contributed by atoms with Crippen LogP contribution in [0.5, 0.6) is 0 Å². The fraction of sp³-hybridized carbons (Fsp3) is 0.625. The van der Waals surface area contributed by atoms with Gasteiger partial charge in [0, 0.05) is 26.6 Å². The normalized spacial score (nSPS) is 9.13. The molecule has 4 N–H and O–H groups in total. The number of carbonyl (C=O) groups excluding carboxylic acids is 2. The van der Waals surface area contributed by atoms with E-state index in [0.29, 0.717) is 0 Å². The molecular formula is C8H15N3O4. The van der Waals surface area contributed by atoms with Crippen LogP contribution in [-0.4, -0.2) is 43.2 Å². The smallest absolute Gasteiger partial charge is 0.314 e. The Balaban J connectivity index is 3.41. The van der Waals surface area contributed by atoms with Gasteiger partial charge in [-0.15, -0.1) is 0 Å². The van der Waals surface area contributed by atoms with E-state index in [4.69, 9.17) is 5.11 Å². The first-order valence-electron chi connectivity index (χ1n) is 4.50. The fourth-order valence-electron chi connectivity index (χ4n) is 0.760. The number of carboxylic acid groups (broad SMARTS) is 1. The second-order valence-corrected chi connectivity index (χ2v) is 2.75. The van der Waals surface area contributed by atoms with Crippen molar-refractivity contribution >= 4 is 17.9 Å². The number of carboxylic acids is 1. The van der Waals surface area contributed by atoms with E-state index < -0.39 is 12.0 Å². The van der Waals surface area contributed by atoms with E-state index in [1.807, 2.05) is 0 Å². The molecule has 0 aliphatic heterocycles. The van der Waals surface area contributed by atoms with Crippen molar-refractivity contribution in [3.63, 3.8) is 0 Å². The van der Waals surface area contributed by atoms with Gasteiger partial charge in [-0.1, -0.05) is 0 Å². The molecule has 0 aliphatic carbocycles. The first-order chi connectivity index (χ1) is 7.06. The highest BCUT2D eigenvalue weighted by molar-refractivity contribution is 5.78. The molecule has 0 saturated carbocycles. The lowest BCUT2D eigenvalue weighted by Gasteiger charge is -2.05. The van der Waals surface area contributed by atoms with Gasteiger partial charge >= 0.3 is 12.0 Å². The Bertz CT molecular complexity index is 242. The van der Waals surface area contributed by atoms with E-state index in [0.717, 1.165) is 0 Å². The van der Waals surface area contributed by atoms with Crippen LogP contribution in [0.4, 0.5) is 4.79 Å². The molecule has 0 heterocycles. The van der Waals surface area contributed by atoms with Gasteiger partial charge in [-0.3, -0.25) is 9.59 Å². The summed E-state index contributed by atoms with van der Waals surface area (Å²) < 4.78 is 0. The topological polar surface area (TPSA) is 108 Å². The Hall–Kier alpha value is -1.79. The Morgan fingerprint density at radius 2 is 1.60 bits per heavy atom. The van der Waals surface area contributed by atoms with Gasteiger partial charge in [0.1, 0.15) is 0 Å². The summed E-state index contributed by atoms with van der Waals surface area (Å²) in [7, 11) is 1.51. The number of carbonyl (C=O) groups is 3. The lowest BCUT2D eigenvalue weighted by Crippen LogP contribution is -2.38. The molecule has 0 fully saturated rings. The average Bonchev–Trinajstić information content (AvgIpc) is 2.17. The zero-order chi connectivity index (χ0) is 11.7. The third-order valence-corrected chi connectivity index (χ3v) is 1.54. The number of nitrogens with one attached hydrogen (secondary N) is 3. The average molecular weight is 217 g/mol. The molecule has 86 valence electrons. The summed E-state index contributed by atoms with van der Waals surface area (Å²) >= 11 is 0. The summed E-state index contributed by atoms with van der Waals surface area (Å²) in [6, 6.07) is -0.472. The van der Waals surface area contributed by atoms with Crippen molar-refractivity contribution in [2.75, 3.05) is 20.1 Å². The molecule has 0 aromatic heterocycles. The van der Waals surface area contributed by atoms with Crippen LogP contribution in [0, 0.1) is 0 Å². The maximum absolute atomic E-state index is 10.9. The number of urea groups is 1. The van der Waals surface area contributed by atoms with E-state index in [1.165, 1.54) is 7.05 Å². The molecule has 0 aromatic rings. The largest absolute Gasteiger partial charge is 0.481 e. The van der Waals surface area contributed by atoms with Crippen molar-refractivity contribution in [1.82, 2.24) is 16.0 Å². The Morgan fingerprint density at radius 1 is 1.07 bits per heavy atom. The predicted octanol–water partition coefficient (Wildman–Crippen LogP) is -1.10. The molecule has 0 radical (unpaired) electrons. The molecule has 0 spiro atoms. The molecule has 0 bridgehead atoms. The number of hydrogen-bond donors (Lipinski definition) is 4. The third-order valence-electron chi connectivity index (χ3n) is 1.54. The van der Waals surface area contributed by atoms with Crippen molar-refractivity contribution in [3.8, 4) is 0 Å². The van der Waals surface area contributed by atoms with Crippen molar-refractivity contribution in [2.45, 2.75) is 12.8 Å². The van der Waals surface area contributed by atoms with Gasteiger partial charge in [0.25, 0.3) is 0 Å². The van der Waals surface area contributed by atoms with Crippen LogP contribution in [0.15, 0.2) is 0 Å². The quantitative estimate of drug-likeness (QED) is 0.452. The summed E-state index contributed by atoms with van der Waals surface area (Å²) in [5.41, 5.74) is 0. The molecule has 0 aliphatic rings. The third kappa shape index (κ3) is 8.54. The van der Waals surface area contributed by atoms with Crippen LogP contribution in [0.2, 0.25) is 0 Å². The van der Waals surface area contributed by atoms with Crippen molar-refractivity contribution in [2.24, 2.45) is 0 Å². The molecule has 0 rings (SSSR count). The van der Waals surface area contributed by atoms with Gasteiger partial charge in [-0.25, -0.2) is 4.79 Å². The summed E-state index contributed by atoms with van der Waals surface area (Å²) in [5.74, 6) is -1.14. The summed E-state index contributed by atoms with van der Waals surface area (Å²) in [4.78, 5) is 31.8. The maximum atomic E-state index is 10.9. The van der Waals surface area contributed by atoms with Crippen LogP contribution in [-0.2, 0) is 9.59 Å². The van der Waals surface area contributed by atoms with Crippen molar-refractivity contribution in [1.29, 1.82) is 0 Å². The minimum atomic E-state index is -0.972. The van der Waals surface area contributed by atoms with Crippen LogP contribution in [0.25, 0.3) is 0 Å². The first-order valence-corrected chi connectivity index (χ1v) is 4.50. The lowest BCUT2D eigenvalue weighted by atomic mass is 10.4. The summed E-state index contributed by atoms with van der Waals surface area (Å²) in [6.45, 7) is 0.291. The van der Waals surface area contributed by atoms with Gasteiger partial charge in [0.2, 0.25) is 5.91 Å². The highest BCUT2D eigenvalue weighted by Gasteiger charge is 2.02. The molecule has 0 unspecified atom stereocenters. The molecule has 0 atom stereocenters. The lowest BCUT2D eigenvalue weighted by molar-refractivity contribution is -0.136. The maximum Gasteiger partial charge on any atom is 0.314 e. The van der Waals surface area contributed by atoms with E-state index in [9.17, 15) is 14.4 Å². The predicted molar refractivity (Wildman–Crippen MR) is 52.3 cm³/mol.